The quantitative estimate of drug-likeness (QED) is 0.540. The second-order valence-electron chi connectivity index (χ2n) is 7.30. The fourth-order valence-corrected chi connectivity index (χ4v) is 3.93. The highest BCUT2D eigenvalue weighted by molar-refractivity contribution is 6.04. The molecule has 1 aliphatic rings. The molecule has 4 aromatic rings. The Hall–Kier alpha value is -3.88. The van der Waals surface area contributed by atoms with E-state index in [0.29, 0.717) is 35.7 Å². The number of rotatable bonds is 4. The zero-order chi connectivity index (χ0) is 21.4. The van der Waals surface area contributed by atoms with Crippen molar-refractivity contribution in [1.29, 1.82) is 0 Å². The van der Waals surface area contributed by atoms with Gasteiger partial charge in [0.1, 0.15) is 28.8 Å². The first-order valence-corrected chi connectivity index (χ1v) is 9.88. The number of hydrogen-bond donors (Lipinski definition) is 1. The van der Waals surface area contributed by atoms with Crippen LogP contribution in [0, 0.1) is 11.6 Å². The highest BCUT2D eigenvalue weighted by Crippen LogP contribution is 2.37. The molecule has 1 aliphatic heterocycles. The molecule has 0 bridgehead atoms. The number of halogens is 2. The zero-order valence-electron chi connectivity index (χ0n) is 16.4. The van der Waals surface area contributed by atoms with E-state index in [0.717, 1.165) is 18.6 Å². The third kappa shape index (κ3) is 3.58. The van der Waals surface area contributed by atoms with Crippen LogP contribution in [0.5, 0.6) is 0 Å². The number of hydrogen-bond acceptors (Lipinski definition) is 5. The molecule has 3 aromatic heterocycles. The monoisotopic (exact) mass is 420 g/mol. The molecule has 1 amide bonds. The van der Waals surface area contributed by atoms with Crippen molar-refractivity contribution >= 4 is 23.1 Å². The largest absolute Gasteiger partial charge is 0.349 e. The number of amides is 1. The van der Waals surface area contributed by atoms with Gasteiger partial charge < -0.3 is 10.2 Å². The third-order valence-corrected chi connectivity index (χ3v) is 5.36. The van der Waals surface area contributed by atoms with Crippen molar-refractivity contribution in [3.8, 4) is 0 Å². The number of carbonyl (C=O) groups is 1. The minimum atomic E-state index is -0.470. The van der Waals surface area contributed by atoms with E-state index in [1.807, 2.05) is 4.90 Å². The van der Waals surface area contributed by atoms with Gasteiger partial charge in [0.2, 0.25) is 0 Å². The van der Waals surface area contributed by atoms with Gasteiger partial charge in [-0.3, -0.25) is 9.78 Å². The van der Waals surface area contributed by atoms with E-state index < -0.39 is 11.6 Å². The Morgan fingerprint density at radius 3 is 2.90 bits per heavy atom. The molecule has 9 heteroatoms. The van der Waals surface area contributed by atoms with Gasteiger partial charge in [-0.1, -0.05) is 6.07 Å². The smallest absolute Gasteiger partial charge is 0.274 e. The van der Waals surface area contributed by atoms with E-state index in [1.165, 1.54) is 12.3 Å². The summed E-state index contributed by atoms with van der Waals surface area (Å²) in [5.74, 6) is -0.676. The molecule has 1 saturated heterocycles. The Kier molecular flexibility index (Phi) is 4.78. The highest BCUT2D eigenvalue weighted by atomic mass is 19.1. The summed E-state index contributed by atoms with van der Waals surface area (Å²) in [5, 5.41) is 7.01. The summed E-state index contributed by atoms with van der Waals surface area (Å²) in [7, 11) is 0. The minimum Gasteiger partial charge on any atom is -0.349 e. The summed E-state index contributed by atoms with van der Waals surface area (Å²) >= 11 is 0. The number of nitrogens with one attached hydrogen (secondary N) is 1. The van der Waals surface area contributed by atoms with Gasteiger partial charge in [0.15, 0.2) is 5.65 Å². The molecule has 0 radical (unpaired) electrons. The first kappa shape index (κ1) is 19.1. The Balaban J connectivity index is 1.47. The molecule has 0 aliphatic carbocycles. The lowest BCUT2D eigenvalue weighted by atomic mass is 10.0. The Morgan fingerprint density at radius 2 is 2.06 bits per heavy atom. The fourth-order valence-electron chi connectivity index (χ4n) is 3.93. The van der Waals surface area contributed by atoms with Gasteiger partial charge in [0, 0.05) is 24.5 Å². The maximum absolute atomic E-state index is 14.4. The number of aromatic nitrogens is 4. The van der Waals surface area contributed by atoms with E-state index in [1.54, 1.807) is 41.2 Å². The molecule has 1 fully saturated rings. The van der Waals surface area contributed by atoms with Crippen LogP contribution in [0.2, 0.25) is 0 Å². The standard InChI is InChI=1S/C22H18F2N6O/c23-14-6-7-16(24)15(12-14)19-5-3-10-29(19)20-8-11-30-21(28-20)18(13-26-30)27-22(31)17-4-1-2-9-25-17/h1-2,4,6-9,11-13,19H,3,5,10H2,(H,27,31). The molecular formula is C22H18F2N6O. The topological polar surface area (TPSA) is 75.4 Å². The molecule has 1 aromatic carbocycles. The average molecular weight is 420 g/mol. The number of benzene rings is 1. The van der Waals surface area contributed by atoms with E-state index in [-0.39, 0.29) is 17.6 Å². The van der Waals surface area contributed by atoms with Crippen molar-refractivity contribution in [2.45, 2.75) is 18.9 Å². The number of pyridine rings is 1. The third-order valence-electron chi connectivity index (χ3n) is 5.36. The van der Waals surface area contributed by atoms with E-state index in [9.17, 15) is 13.6 Å². The van der Waals surface area contributed by atoms with Gasteiger partial charge in [-0.25, -0.2) is 18.3 Å². The lowest BCUT2D eigenvalue weighted by Crippen LogP contribution is -2.24. The van der Waals surface area contributed by atoms with Crippen molar-refractivity contribution in [2.75, 3.05) is 16.8 Å². The van der Waals surface area contributed by atoms with Crippen LogP contribution in [0.15, 0.2) is 61.1 Å². The normalized spacial score (nSPS) is 16.1. The SMILES string of the molecule is O=C(Nc1cnn2ccc(N3CCCC3c3cc(F)ccc3F)nc12)c1ccccn1. The van der Waals surface area contributed by atoms with Crippen LogP contribution in [0.4, 0.5) is 20.3 Å². The van der Waals surface area contributed by atoms with Gasteiger partial charge in [-0.2, -0.15) is 5.10 Å². The van der Waals surface area contributed by atoms with Crippen molar-refractivity contribution < 1.29 is 13.6 Å². The van der Waals surface area contributed by atoms with Gasteiger partial charge >= 0.3 is 0 Å². The summed E-state index contributed by atoms with van der Waals surface area (Å²) in [6, 6.07) is 10.0. The Bertz CT molecular complexity index is 1260. The number of fused-ring (bicyclic) bond motifs is 1. The van der Waals surface area contributed by atoms with E-state index >= 15 is 0 Å². The van der Waals surface area contributed by atoms with E-state index in [2.05, 4.69) is 20.4 Å². The molecule has 156 valence electrons. The second kappa shape index (κ2) is 7.75. The molecule has 31 heavy (non-hydrogen) atoms. The highest BCUT2D eigenvalue weighted by Gasteiger charge is 2.30. The van der Waals surface area contributed by atoms with Crippen LogP contribution in [0.3, 0.4) is 0 Å². The summed E-state index contributed by atoms with van der Waals surface area (Å²) in [5.41, 5.74) is 1.48. The van der Waals surface area contributed by atoms with Crippen molar-refractivity contribution in [2.24, 2.45) is 0 Å². The van der Waals surface area contributed by atoms with Crippen LogP contribution >= 0.6 is 0 Å². The van der Waals surface area contributed by atoms with Gasteiger partial charge in [-0.05, 0) is 49.2 Å². The lowest BCUT2D eigenvalue weighted by Gasteiger charge is -2.26. The van der Waals surface area contributed by atoms with Crippen molar-refractivity contribution in [3.05, 3.63) is 83.9 Å². The molecule has 5 rings (SSSR count). The first-order chi connectivity index (χ1) is 15.1. The molecule has 1 atom stereocenters. The molecule has 7 nitrogen and oxygen atoms in total. The molecule has 4 heterocycles. The maximum Gasteiger partial charge on any atom is 0.274 e. The average Bonchev–Trinajstić information content (AvgIpc) is 3.43. The predicted octanol–water partition coefficient (Wildman–Crippen LogP) is 4.00. The van der Waals surface area contributed by atoms with Crippen LogP contribution in [0.1, 0.15) is 34.9 Å². The molecule has 1 N–H and O–H groups in total. The maximum atomic E-state index is 14.4. The summed E-state index contributed by atoms with van der Waals surface area (Å²) in [6.45, 7) is 0.660. The van der Waals surface area contributed by atoms with Gasteiger partial charge in [0.25, 0.3) is 5.91 Å². The second-order valence-corrected chi connectivity index (χ2v) is 7.30. The molecule has 0 spiro atoms. The van der Waals surface area contributed by atoms with Crippen molar-refractivity contribution in [1.82, 2.24) is 19.6 Å². The number of anilines is 2. The fraction of sp³-hybridized carbons (Fsp3) is 0.182. The van der Waals surface area contributed by atoms with Crippen LogP contribution in [-0.2, 0) is 0 Å². The van der Waals surface area contributed by atoms with Gasteiger partial charge in [-0.15, -0.1) is 0 Å². The summed E-state index contributed by atoms with van der Waals surface area (Å²) in [6.07, 6.45) is 6.30. The van der Waals surface area contributed by atoms with Crippen LogP contribution in [0.25, 0.3) is 5.65 Å². The summed E-state index contributed by atoms with van der Waals surface area (Å²) < 4.78 is 29.7. The Labute approximate surface area is 176 Å². The Morgan fingerprint density at radius 1 is 1.16 bits per heavy atom. The predicted molar refractivity (Wildman–Crippen MR) is 111 cm³/mol. The minimum absolute atomic E-state index is 0.277. The van der Waals surface area contributed by atoms with Gasteiger partial charge in [0.05, 0.1) is 12.2 Å². The van der Waals surface area contributed by atoms with Crippen LogP contribution in [-0.4, -0.2) is 32.0 Å². The number of carbonyl (C=O) groups excluding carboxylic acids is 1. The molecular weight excluding hydrogens is 402 g/mol. The molecule has 0 saturated carbocycles. The molecule has 1 unspecified atom stereocenters. The summed E-state index contributed by atoms with van der Waals surface area (Å²) in [4.78, 5) is 23.1. The van der Waals surface area contributed by atoms with E-state index in [4.69, 9.17) is 0 Å². The number of nitrogens with zero attached hydrogens (tertiary/aromatic N) is 5. The van der Waals surface area contributed by atoms with Crippen LogP contribution < -0.4 is 10.2 Å². The zero-order valence-corrected chi connectivity index (χ0v) is 16.4. The lowest BCUT2D eigenvalue weighted by molar-refractivity contribution is 0.102. The first-order valence-electron chi connectivity index (χ1n) is 9.88. The van der Waals surface area contributed by atoms with Crippen molar-refractivity contribution in [3.63, 3.8) is 0 Å².